The molecular weight excluding hydrogens is 1260 g/mol. The zero-order chi connectivity index (χ0) is 60.7. The normalized spacial score (nSPS) is 11.7. The van der Waals surface area contributed by atoms with Crippen LogP contribution < -0.4 is 0 Å². The van der Waals surface area contributed by atoms with Crippen LogP contribution in [-0.2, 0) is 0 Å². The average molecular weight is 1300 g/mol. The third-order valence-electron chi connectivity index (χ3n) is 16.7. The highest BCUT2D eigenvalue weighted by atomic mass is 35.5. The van der Waals surface area contributed by atoms with Gasteiger partial charge in [0, 0.05) is 72.5 Å². The van der Waals surface area contributed by atoms with Crippen LogP contribution in [-0.4, -0.2) is 29.9 Å². The Labute approximate surface area is 551 Å². The maximum absolute atomic E-state index is 6.77. The van der Waals surface area contributed by atoms with Gasteiger partial charge in [0.05, 0.1) is 16.5 Å². The van der Waals surface area contributed by atoms with Gasteiger partial charge in [0.15, 0.2) is 11.6 Å². The number of hydrogen-bond acceptors (Lipinski definition) is 10. The van der Waals surface area contributed by atoms with Crippen LogP contribution in [0.1, 0.15) is 0 Å². The molecule has 0 spiro atoms. The van der Waals surface area contributed by atoms with Gasteiger partial charge in [-0.15, -0.1) is 45.3 Å². The van der Waals surface area contributed by atoms with Gasteiger partial charge in [0.1, 0.15) is 24.8 Å². The molecule has 0 aliphatic carbocycles. The molecule has 7 heterocycles. The minimum atomic E-state index is 0.280. The molecule has 0 aliphatic rings. The Morgan fingerprint density at radius 3 is 1.34 bits per heavy atom. The van der Waals surface area contributed by atoms with Gasteiger partial charge in [-0.2, -0.15) is 0 Å². The van der Waals surface area contributed by atoms with Crippen molar-refractivity contribution in [3.63, 3.8) is 0 Å². The van der Waals surface area contributed by atoms with E-state index in [-0.39, 0.29) is 5.28 Å². The van der Waals surface area contributed by atoms with Gasteiger partial charge in [0.25, 0.3) is 0 Å². The molecule has 430 valence electrons. The number of hydrogen-bond donors (Lipinski definition) is 0. The van der Waals surface area contributed by atoms with E-state index < -0.39 is 0 Å². The van der Waals surface area contributed by atoms with Crippen molar-refractivity contribution < 1.29 is 0 Å². The first kappa shape index (κ1) is 55.5. The largest absolute Gasteiger partial charge is 0.224 e. The van der Waals surface area contributed by atoms with Gasteiger partial charge in [-0.05, 0) is 96.5 Å². The summed E-state index contributed by atoms with van der Waals surface area (Å²) in [6.07, 6.45) is 0. The summed E-state index contributed by atoms with van der Waals surface area (Å²) in [5.41, 5.74) is 8.64. The summed E-state index contributed by atoms with van der Waals surface area (Å²) in [4.78, 5) is 31.1. The van der Waals surface area contributed by atoms with Crippen molar-refractivity contribution in [3.8, 4) is 56.3 Å². The number of nitrogens with zero attached hydrogens (tertiary/aromatic N) is 6. The Balaban J connectivity index is 0.000000105. The molecule has 0 atom stereocenters. The van der Waals surface area contributed by atoms with E-state index in [0.717, 1.165) is 63.8 Å². The highest BCUT2D eigenvalue weighted by Crippen LogP contribution is 2.45. The van der Waals surface area contributed by atoms with E-state index in [0.29, 0.717) is 22.0 Å². The van der Waals surface area contributed by atoms with Gasteiger partial charge in [-0.3, -0.25) is 0 Å². The van der Waals surface area contributed by atoms with Crippen LogP contribution in [0.15, 0.2) is 261 Å². The average Bonchev–Trinajstić information content (AvgIpc) is 1.68. The SMILES string of the molecule is Clc1nc(-c2ccc(-c3cccc4ccccc34)cc2)c2c(n1)sc1ccccc12.Clc1nc(-c2ccc(-c3ccccc3)cc2)nc2sc3ccc4ccccc4c3c12.Clc1nc(-c2ccc3c(c2)sc2ccccc23)nc2sc3ccc4ccccc4c3c12. The fourth-order valence-electron chi connectivity index (χ4n) is 12.4. The Bertz CT molecular complexity index is 6080. The first-order chi connectivity index (χ1) is 44.8. The molecule has 13 heteroatoms. The fraction of sp³-hybridized carbons (Fsp3) is 0. The fourth-order valence-corrected chi connectivity index (χ4v) is 17.7. The quantitative estimate of drug-likeness (QED) is 0.126. The predicted octanol–water partition coefficient (Wildman–Crippen LogP) is 24.7. The molecule has 0 amide bonds. The van der Waals surface area contributed by atoms with Crippen LogP contribution >= 0.6 is 80.1 Å². The third kappa shape index (κ3) is 9.99. The molecule has 7 aromatic heterocycles. The van der Waals surface area contributed by atoms with Crippen molar-refractivity contribution in [2.24, 2.45) is 0 Å². The van der Waals surface area contributed by atoms with E-state index in [1.54, 1.807) is 45.3 Å². The van der Waals surface area contributed by atoms with Crippen molar-refractivity contribution in [3.05, 3.63) is 276 Å². The van der Waals surface area contributed by atoms with Crippen LogP contribution in [0.4, 0.5) is 0 Å². The van der Waals surface area contributed by atoms with Crippen molar-refractivity contribution in [1.82, 2.24) is 29.9 Å². The molecule has 0 unspecified atom stereocenters. The lowest BCUT2D eigenvalue weighted by Crippen LogP contribution is -1.90. The van der Waals surface area contributed by atoms with Crippen molar-refractivity contribution in [1.29, 1.82) is 0 Å². The van der Waals surface area contributed by atoms with Crippen LogP contribution in [0.2, 0.25) is 15.6 Å². The maximum atomic E-state index is 6.77. The zero-order valence-electron chi connectivity index (χ0n) is 47.8. The minimum Gasteiger partial charge on any atom is -0.217 e. The van der Waals surface area contributed by atoms with Gasteiger partial charge < -0.3 is 0 Å². The van der Waals surface area contributed by atoms with Gasteiger partial charge in [0.2, 0.25) is 5.28 Å². The van der Waals surface area contributed by atoms with Crippen molar-refractivity contribution in [2.75, 3.05) is 0 Å². The van der Waals surface area contributed by atoms with Crippen molar-refractivity contribution >= 4 is 194 Å². The molecule has 12 aromatic carbocycles. The lowest BCUT2D eigenvalue weighted by Gasteiger charge is -2.09. The zero-order valence-corrected chi connectivity index (χ0v) is 53.3. The summed E-state index contributed by atoms with van der Waals surface area (Å²) in [7, 11) is 0. The van der Waals surface area contributed by atoms with Crippen LogP contribution in [0.3, 0.4) is 0 Å². The van der Waals surface area contributed by atoms with E-state index in [9.17, 15) is 0 Å². The highest BCUT2D eigenvalue weighted by Gasteiger charge is 2.20. The van der Waals surface area contributed by atoms with E-state index in [1.807, 2.05) is 24.3 Å². The second-order valence-electron chi connectivity index (χ2n) is 22.0. The van der Waals surface area contributed by atoms with Crippen LogP contribution in [0.25, 0.3) is 170 Å². The summed E-state index contributed by atoms with van der Waals surface area (Å²) in [6, 6.07) is 90.8. The molecule has 0 N–H and O–H groups in total. The van der Waals surface area contributed by atoms with Gasteiger partial charge in [-0.1, -0.05) is 254 Å². The monoisotopic (exact) mass is 1300 g/mol. The molecule has 19 aromatic rings. The molecule has 0 radical (unpaired) electrons. The Kier molecular flexibility index (Phi) is 14.0. The molecule has 0 aliphatic heterocycles. The molecule has 0 bridgehead atoms. The van der Waals surface area contributed by atoms with E-state index in [4.69, 9.17) is 49.8 Å². The molecule has 91 heavy (non-hydrogen) atoms. The first-order valence-electron chi connectivity index (χ1n) is 29.4. The van der Waals surface area contributed by atoms with E-state index in [2.05, 4.69) is 252 Å². The van der Waals surface area contributed by atoms with Crippen molar-refractivity contribution in [2.45, 2.75) is 0 Å². The number of rotatable bonds is 5. The Morgan fingerprint density at radius 2 is 0.692 bits per heavy atom. The number of fused-ring (bicyclic) bond motifs is 17. The summed E-state index contributed by atoms with van der Waals surface area (Å²) < 4.78 is 6.08. The summed E-state index contributed by atoms with van der Waals surface area (Å²) in [6.45, 7) is 0. The number of thiophene rings is 4. The van der Waals surface area contributed by atoms with Gasteiger partial charge in [-0.25, -0.2) is 29.9 Å². The maximum Gasteiger partial charge on any atom is 0.224 e. The molecular formula is C78H43Cl3N6S4. The highest BCUT2D eigenvalue weighted by molar-refractivity contribution is 7.27. The van der Waals surface area contributed by atoms with E-state index >= 15 is 0 Å². The summed E-state index contributed by atoms with van der Waals surface area (Å²) >= 11 is 26.6. The standard InChI is InChI=1S/C26H13ClN2S2.2C26H15ClN2S/c27-24-23-22-16-6-2-1-5-14(16)10-12-20(22)31-26(23)29-25(28-24)15-9-11-18-17-7-3-4-8-19(17)30-21(18)13-15;27-26-28-24(23-21-9-3-4-11-22(21)30-25(23)29-26)18-14-12-17(13-15-18)20-10-5-7-16-6-1-2-8-19(16)20;27-24-23-22-20-9-5-4-8-18(20)14-15-21(22)30-26(23)29-25(28-24)19-12-10-17(11-13-19)16-6-2-1-3-7-16/h1-13H;2*1-15H. The topological polar surface area (TPSA) is 77.3 Å². The van der Waals surface area contributed by atoms with E-state index in [1.165, 1.54) is 94.2 Å². The lowest BCUT2D eigenvalue weighted by atomic mass is 9.96. The smallest absolute Gasteiger partial charge is 0.217 e. The number of halogens is 3. The number of aromatic nitrogens is 6. The third-order valence-corrected chi connectivity index (χ3v) is 21.7. The Hall–Kier alpha value is -9.59. The first-order valence-corrected chi connectivity index (χ1v) is 33.8. The number of benzene rings is 12. The van der Waals surface area contributed by atoms with Crippen LogP contribution in [0.5, 0.6) is 0 Å². The lowest BCUT2D eigenvalue weighted by molar-refractivity contribution is 1.24. The summed E-state index contributed by atoms with van der Waals surface area (Å²) in [5.74, 6) is 1.33. The molecule has 19 rings (SSSR count). The van der Waals surface area contributed by atoms with Gasteiger partial charge >= 0.3 is 0 Å². The second-order valence-corrected chi connectivity index (χ2v) is 27.3. The molecule has 0 fully saturated rings. The second kappa shape index (κ2) is 23.0. The molecule has 6 nitrogen and oxygen atoms in total. The minimum absolute atomic E-state index is 0.280. The molecule has 0 saturated heterocycles. The predicted molar refractivity (Wildman–Crippen MR) is 392 cm³/mol. The molecule has 0 saturated carbocycles. The summed E-state index contributed by atoms with van der Waals surface area (Å²) in [5, 5.41) is 17.5. The van der Waals surface area contributed by atoms with Crippen LogP contribution in [0, 0.1) is 0 Å². The Morgan fingerprint density at radius 1 is 0.242 bits per heavy atom.